The number of likely N-dealkylation sites (tertiary alicyclic amines) is 1. The number of benzene rings is 1. The largest absolute Gasteiger partial charge is 0.389 e. The zero-order chi connectivity index (χ0) is 26.9. The minimum atomic E-state index is -3.67. The number of H-pyrrole nitrogens is 1. The van der Waals surface area contributed by atoms with Crippen LogP contribution in [-0.4, -0.2) is 81.6 Å². The molecule has 11 heteroatoms. The molecule has 1 unspecified atom stereocenters. The number of aromatic nitrogens is 3. The normalized spacial score (nSPS) is 18.5. The fraction of sp³-hybridized carbons (Fsp3) is 0.407. The minimum Gasteiger partial charge on any atom is -0.389 e. The zero-order valence-electron chi connectivity index (χ0n) is 21.4. The van der Waals surface area contributed by atoms with Crippen LogP contribution in [0.1, 0.15) is 51.9 Å². The number of hydrogen-bond donors (Lipinski definition) is 2. The number of pyridine rings is 1. The van der Waals surface area contributed by atoms with Crippen LogP contribution in [0.15, 0.2) is 35.4 Å². The Balaban J connectivity index is 1.36. The third-order valence-electron chi connectivity index (χ3n) is 7.78. The highest BCUT2D eigenvalue weighted by Crippen LogP contribution is 2.41. The molecule has 6 rings (SSSR count). The SMILES string of the molecule is Cc1nc(-c2cc(-c3cc4c(c(S(C)(=O)=O)c3)C(=O)N(C(C)C3CC3)C4)ccn2)[nH]c1C(=O)N1CC(O)C1. The predicted molar refractivity (Wildman–Crippen MR) is 139 cm³/mol. The molecule has 1 saturated heterocycles. The number of imidazole rings is 1. The Kier molecular flexibility index (Phi) is 5.69. The molecule has 2 amide bonds. The minimum absolute atomic E-state index is 0.0392. The second kappa shape index (κ2) is 8.74. The van der Waals surface area contributed by atoms with E-state index in [4.69, 9.17) is 0 Å². The number of amides is 2. The summed E-state index contributed by atoms with van der Waals surface area (Å²) in [4.78, 5) is 41.4. The van der Waals surface area contributed by atoms with E-state index in [0.717, 1.165) is 24.7 Å². The van der Waals surface area contributed by atoms with Gasteiger partial charge in [0.1, 0.15) is 11.4 Å². The van der Waals surface area contributed by atoms with E-state index in [2.05, 4.69) is 15.0 Å². The molecule has 3 aliphatic rings. The fourth-order valence-electron chi connectivity index (χ4n) is 5.37. The van der Waals surface area contributed by atoms with E-state index in [0.29, 0.717) is 59.6 Å². The summed E-state index contributed by atoms with van der Waals surface area (Å²) in [5.41, 5.74) is 3.73. The first kappa shape index (κ1) is 24.7. The summed E-state index contributed by atoms with van der Waals surface area (Å²) in [6.45, 7) is 4.74. The second-order valence-corrected chi connectivity index (χ2v) is 12.6. The van der Waals surface area contributed by atoms with Gasteiger partial charge in [-0.15, -0.1) is 0 Å². The molecule has 2 aromatic heterocycles. The molecule has 0 bridgehead atoms. The van der Waals surface area contributed by atoms with Crippen LogP contribution in [0.4, 0.5) is 0 Å². The summed E-state index contributed by atoms with van der Waals surface area (Å²) in [5.74, 6) is 0.434. The van der Waals surface area contributed by atoms with Gasteiger partial charge in [0.2, 0.25) is 0 Å². The first-order valence-electron chi connectivity index (χ1n) is 12.7. The lowest BCUT2D eigenvalue weighted by Gasteiger charge is -2.35. The Morgan fingerprint density at radius 1 is 1.18 bits per heavy atom. The van der Waals surface area contributed by atoms with Crippen LogP contribution in [0.25, 0.3) is 22.6 Å². The van der Waals surface area contributed by atoms with E-state index in [1.807, 2.05) is 13.0 Å². The number of aromatic amines is 1. The van der Waals surface area contributed by atoms with Crippen LogP contribution < -0.4 is 0 Å². The van der Waals surface area contributed by atoms with Gasteiger partial charge in [-0.25, -0.2) is 13.4 Å². The summed E-state index contributed by atoms with van der Waals surface area (Å²) in [6, 6.07) is 7.08. The predicted octanol–water partition coefficient (Wildman–Crippen LogP) is 2.42. The van der Waals surface area contributed by atoms with Gasteiger partial charge in [-0.2, -0.15) is 0 Å². The molecule has 38 heavy (non-hydrogen) atoms. The van der Waals surface area contributed by atoms with Gasteiger partial charge in [0.15, 0.2) is 15.7 Å². The molecule has 1 aromatic carbocycles. The molecule has 1 saturated carbocycles. The van der Waals surface area contributed by atoms with Crippen LogP contribution in [0.2, 0.25) is 0 Å². The third kappa shape index (κ3) is 4.19. The fourth-order valence-corrected chi connectivity index (χ4v) is 6.30. The molecular formula is C27H29N5O5S. The first-order valence-corrected chi connectivity index (χ1v) is 14.6. The molecular weight excluding hydrogens is 506 g/mol. The first-order chi connectivity index (χ1) is 18.0. The van der Waals surface area contributed by atoms with Gasteiger partial charge in [0.05, 0.1) is 22.3 Å². The highest BCUT2D eigenvalue weighted by molar-refractivity contribution is 7.90. The molecule has 0 radical (unpaired) electrons. The van der Waals surface area contributed by atoms with E-state index in [-0.39, 0.29) is 28.3 Å². The highest BCUT2D eigenvalue weighted by Gasteiger charge is 2.41. The number of sulfone groups is 1. The molecule has 2 aliphatic heterocycles. The van der Waals surface area contributed by atoms with Gasteiger partial charge in [0, 0.05) is 38.1 Å². The van der Waals surface area contributed by atoms with Crippen LogP contribution in [0.5, 0.6) is 0 Å². The number of aliphatic hydroxyl groups excluding tert-OH is 1. The summed E-state index contributed by atoms with van der Waals surface area (Å²) in [5, 5.41) is 9.53. The Morgan fingerprint density at radius 2 is 1.92 bits per heavy atom. The van der Waals surface area contributed by atoms with Crippen molar-refractivity contribution in [3.8, 4) is 22.6 Å². The molecule has 2 N–H and O–H groups in total. The molecule has 1 atom stereocenters. The average molecular weight is 536 g/mol. The van der Waals surface area contributed by atoms with Crippen LogP contribution in [0.3, 0.4) is 0 Å². The van der Waals surface area contributed by atoms with Crippen molar-refractivity contribution in [3.05, 3.63) is 53.0 Å². The molecule has 198 valence electrons. The van der Waals surface area contributed by atoms with Gasteiger partial charge in [-0.05, 0) is 73.6 Å². The number of hydrogen-bond acceptors (Lipinski definition) is 7. The number of carbonyl (C=O) groups is 2. The number of nitrogens with one attached hydrogen (secondary N) is 1. The zero-order valence-corrected chi connectivity index (χ0v) is 22.2. The van der Waals surface area contributed by atoms with E-state index < -0.39 is 15.9 Å². The van der Waals surface area contributed by atoms with E-state index in [1.165, 1.54) is 0 Å². The Bertz CT molecular complexity index is 1590. The quantitative estimate of drug-likeness (QED) is 0.495. The number of nitrogens with zero attached hydrogens (tertiary/aromatic N) is 4. The average Bonchev–Trinajstić information content (AvgIpc) is 3.56. The lowest BCUT2D eigenvalue weighted by Crippen LogP contribution is -2.53. The van der Waals surface area contributed by atoms with Crippen molar-refractivity contribution < 1.29 is 23.1 Å². The topological polar surface area (TPSA) is 137 Å². The van der Waals surface area contributed by atoms with E-state index in [9.17, 15) is 23.1 Å². The molecule has 4 heterocycles. The number of fused-ring (bicyclic) bond motifs is 1. The standard InChI is InChI=1S/C27H29N5O5S/c1-14-24(27(35)31-12-20(33)13-31)30-25(29-14)21-9-17(6-7-28-21)18-8-19-11-32(15(2)16-4-5-16)26(34)23(19)22(10-18)38(3,36)37/h6-10,15-16,20,33H,4-5,11-13H2,1-3H3,(H,29,30). The van der Waals surface area contributed by atoms with Crippen molar-refractivity contribution in [1.29, 1.82) is 0 Å². The van der Waals surface area contributed by atoms with Gasteiger partial charge >= 0.3 is 0 Å². The molecule has 3 aromatic rings. The number of aliphatic hydroxyl groups is 1. The van der Waals surface area contributed by atoms with Crippen molar-refractivity contribution in [2.24, 2.45) is 5.92 Å². The summed E-state index contributed by atoms with van der Waals surface area (Å²) >= 11 is 0. The Hall–Kier alpha value is -3.57. The smallest absolute Gasteiger partial charge is 0.272 e. The van der Waals surface area contributed by atoms with Crippen molar-refractivity contribution in [3.63, 3.8) is 0 Å². The van der Waals surface area contributed by atoms with Gasteiger partial charge in [0.25, 0.3) is 11.8 Å². The number of rotatable bonds is 6. The maximum atomic E-state index is 13.3. The molecule has 10 nitrogen and oxygen atoms in total. The summed E-state index contributed by atoms with van der Waals surface area (Å²) < 4.78 is 25.6. The van der Waals surface area contributed by atoms with Crippen molar-refractivity contribution in [2.75, 3.05) is 19.3 Å². The highest BCUT2D eigenvalue weighted by atomic mass is 32.2. The molecule has 2 fully saturated rings. The maximum Gasteiger partial charge on any atom is 0.272 e. The maximum absolute atomic E-state index is 13.3. The van der Waals surface area contributed by atoms with Crippen LogP contribution in [0, 0.1) is 12.8 Å². The number of carbonyl (C=O) groups excluding carboxylic acids is 2. The summed E-state index contributed by atoms with van der Waals surface area (Å²) in [6.07, 6.45) is 4.42. The third-order valence-corrected chi connectivity index (χ3v) is 8.90. The van der Waals surface area contributed by atoms with Crippen LogP contribution >= 0.6 is 0 Å². The van der Waals surface area contributed by atoms with Gasteiger partial charge in [-0.1, -0.05) is 0 Å². The monoisotopic (exact) mass is 535 g/mol. The lowest BCUT2D eigenvalue weighted by atomic mass is 10.0. The second-order valence-electron chi connectivity index (χ2n) is 10.6. The van der Waals surface area contributed by atoms with E-state index in [1.54, 1.807) is 41.1 Å². The molecule has 1 aliphatic carbocycles. The van der Waals surface area contributed by atoms with Gasteiger partial charge in [-0.3, -0.25) is 14.6 Å². The van der Waals surface area contributed by atoms with Crippen molar-refractivity contribution in [1.82, 2.24) is 24.8 Å². The Labute approximate surface area is 220 Å². The molecule has 0 spiro atoms. The van der Waals surface area contributed by atoms with Crippen molar-refractivity contribution in [2.45, 2.75) is 50.3 Å². The Morgan fingerprint density at radius 3 is 2.58 bits per heavy atom. The van der Waals surface area contributed by atoms with Crippen LogP contribution in [-0.2, 0) is 16.4 Å². The summed E-state index contributed by atoms with van der Waals surface area (Å²) in [7, 11) is -3.67. The van der Waals surface area contributed by atoms with Crippen molar-refractivity contribution >= 4 is 21.7 Å². The lowest BCUT2D eigenvalue weighted by molar-refractivity contribution is 0.00549. The number of β-amino-alcohol motifs (C(OH)–C–C–N with tert-alkyl or cyclic N) is 1. The van der Waals surface area contributed by atoms with E-state index >= 15 is 0 Å². The number of aryl methyl sites for hydroxylation is 1. The van der Waals surface area contributed by atoms with Gasteiger partial charge < -0.3 is 19.9 Å².